The highest BCUT2D eigenvalue weighted by atomic mass is 16.5. The van der Waals surface area contributed by atoms with Gasteiger partial charge >= 0.3 is 5.97 Å². The Kier molecular flexibility index (Phi) is 2.21. The van der Waals surface area contributed by atoms with E-state index in [9.17, 15) is 10.0 Å². The first-order valence-corrected chi connectivity index (χ1v) is 4.29. The molecule has 0 atom stereocenters. The van der Waals surface area contributed by atoms with E-state index < -0.39 is 5.97 Å². The molecular weight excluding hydrogens is 196 g/mol. The maximum absolute atomic E-state index is 11.4. The van der Waals surface area contributed by atoms with Gasteiger partial charge in [-0.25, -0.2) is 9.78 Å². The van der Waals surface area contributed by atoms with Crippen LogP contribution in [0.15, 0.2) is 30.6 Å². The number of hydrogen-bond donors (Lipinski definition) is 0. The summed E-state index contributed by atoms with van der Waals surface area (Å²) in [4.78, 5) is 15.4. The Labute approximate surface area is 85.5 Å². The molecule has 76 valence electrons. The second-order valence-corrected chi connectivity index (χ2v) is 2.92. The lowest BCUT2D eigenvalue weighted by Crippen LogP contribution is -2.27. The first kappa shape index (κ1) is 9.39. The number of rotatable bonds is 1. The average Bonchev–Trinajstić information content (AvgIpc) is 2.29. The van der Waals surface area contributed by atoms with Gasteiger partial charge in [-0.3, -0.25) is 0 Å². The summed E-state index contributed by atoms with van der Waals surface area (Å²) in [7, 11) is 1.29. The highest BCUT2D eigenvalue weighted by molar-refractivity contribution is 6.00. The van der Waals surface area contributed by atoms with Crippen molar-refractivity contribution in [3.63, 3.8) is 0 Å². The Bertz CT molecular complexity index is 525. The van der Waals surface area contributed by atoms with Crippen LogP contribution in [0.1, 0.15) is 10.4 Å². The van der Waals surface area contributed by atoms with E-state index in [1.807, 2.05) is 0 Å². The van der Waals surface area contributed by atoms with Crippen molar-refractivity contribution in [3.8, 4) is 0 Å². The molecule has 0 aliphatic heterocycles. The summed E-state index contributed by atoms with van der Waals surface area (Å²) < 4.78 is 5.26. The van der Waals surface area contributed by atoms with E-state index in [0.717, 1.165) is 0 Å². The summed E-state index contributed by atoms with van der Waals surface area (Å²) in [6, 6.07) is 4.63. The molecule has 0 spiro atoms. The summed E-state index contributed by atoms with van der Waals surface area (Å²) in [6.45, 7) is 0. The molecule has 5 heteroatoms. The molecular formula is C10H8N2O3. The van der Waals surface area contributed by atoms with Gasteiger partial charge in [0.05, 0.1) is 12.7 Å². The van der Waals surface area contributed by atoms with E-state index in [-0.39, 0.29) is 0 Å². The van der Waals surface area contributed by atoms with E-state index in [1.165, 1.54) is 25.6 Å². The Morgan fingerprint density at radius 3 is 3.07 bits per heavy atom. The lowest BCUT2D eigenvalue weighted by molar-refractivity contribution is -0.577. The minimum atomic E-state index is -0.501. The van der Waals surface area contributed by atoms with E-state index in [1.54, 1.807) is 12.1 Å². The Hall–Kier alpha value is -2.17. The van der Waals surface area contributed by atoms with Gasteiger partial charge in [-0.15, -0.1) is 0 Å². The van der Waals surface area contributed by atoms with Crippen LogP contribution in [-0.2, 0) is 4.74 Å². The van der Waals surface area contributed by atoms with Crippen molar-refractivity contribution in [2.24, 2.45) is 0 Å². The van der Waals surface area contributed by atoms with Gasteiger partial charge in [0.25, 0.3) is 0 Å². The normalized spacial score (nSPS) is 10.2. The third-order valence-corrected chi connectivity index (χ3v) is 2.06. The molecule has 0 unspecified atom stereocenters. The number of aromatic nitrogens is 2. The second kappa shape index (κ2) is 3.53. The highest BCUT2D eigenvalue weighted by Crippen LogP contribution is 2.12. The Morgan fingerprint density at radius 1 is 1.53 bits per heavy atom. The summed E-state index contributed by atoms with van der Waals surface area (Å²) in [6.07, 6.45) is 2.78. The standard InChI is InChI=1S/C10H8N2O3/c1-15-10(13)7-4-6-12(14)8-3-2-5-11-9(7)8/h2-6H,1H3. The van der Waals surface area contributed by atoms with Gasteiger partial charge in [-0.2, -0.15) is 4.73 Å². The fraction of sp³-hybridized carbons (Fsp3) is 0.100. The van der Waals surface area contributed by atoms with Gasteiger partial charge in [0.15, 0.2) is 11.7 Å². The van der Waals surface area contributed by atoms with Gasteiger partial charge in [0.1, 0.15) is 0 Å². The third-order valence-electron chi connectivity index (χ3n) is 2.06. The summed E-state index contributed by atoms with van der Waals surface area (Å²) in [5, 5.41) is 11.4. The van der Waals surface area contributed by atoms with Crippen molar-refractivity contribution in [2.75, 3.05) is 7.11 Å². The third kappa shape index (κ3) is 1.48. The van der Waals surface area contributed by atoms with Crippen molar-refractivity contribution < 1.29 is 14.3 Å². The maximum atomic E-state index is 11.4. The highest BCUT2D eigenvalue weighted by Gasteiger charge is 2.15. The molecule has 0 fully saturated rings. The number of carbonyl (C=O) groups excluding carboxylic acids is 1. The van der Waals surface area contributed by atoms with Crippen LogP contribution in [0.4, 0.5) is 0 Å². The predicted molar refractivity (Wildman–Crippen MR) is 52.0 cm³/mol. The van der Waals surface area contributed by atoms with Crippen molar-refractivity contribution in [2.45, 2.75) is 0 Å². The van der Waals surface area contributed by atoms with Crippen molar-refractivity contribution in [1.82, 2.24) is 4.98 Å². The zero-order valence-corrected chi connectivity index (χ0v) is 8.01. The van der Waals surface area contributed by atoms with Crippen molar-refractivity contribution in [1.29, 1.82) is 0 Å². The van der Waals surface area contributed by atoms with Crippen LogP contribution in [0.3, 0.4) is 0 Å². The molecule has 0 saturated carbocycles. The molecule has 0 N–H and O–H groups in total. The maximum Gasteiger partial charge on any atom is 0.340 e. The fourth-order valence-corrected chi connectivity index (χ4v) is 1.36. The molecule has 0 aromatic carbocycles. The largest absolute Gasteiger partial charge is 0.618 e. The van der Waals surface area contributed by atoms with Gasteiger partial charge in [0, 0.05) is 18.3 Å². The SMILES string of the molecule is COC(=O)c1cc[n+]([O-])c2cccnc12. The fourth-order valence-electron chi connectivity index (χ4n) is 1.36. The molecule has 2 aromatic rings. The molecule has 5 nitrogen and oxygen atoms in total. The van der Waals surface area contributed by atoms with Crippen LogP contribution in [-0.4, -0.2) is 18.1 Å². The number of esters is 1. The smallest absolute Gasteiger partial charge is 0.340 e. The van der Waals surface area contributed by atoms with Crippen LogP contribution in [0, 0.1) is 5.21 Å². The monoisotopic (exact) mass is 204 g/mol. The molecule has 0 amide bonds. The first-order valence-electron chi connectivity index (χ1n) is 4.29. The number of hydrogen-bond acceptors (Lipinski definition) is 4. The molecule has 2 aromatic heterocycles. The predicted octanol–water partition coefficient (Wildman–Crippen LogP) is 0.655. The van der Waals surface area contributed by atoms with Gasteiger partial charge in [-0.05, 0) is 6.07 Å². The molecule has 0 radical (unpaired) electrons. The molecule has 0 bridgehead atoms. The molecule has 15 heavy (non-hydrogen) atoms. The Balaban J connectivity index is 2.77. The van der Waals surface area contributed by atoms with Crippen LogP contribution < -0.4 is 4.73 Å². The van der Waals surface area contributed by atoms with Crippen LogP contribution in [0.5, 0.6) is 0 Å². The Morgan fingerprint density at radius 2 is 2.33 bits per heavy atom. The minimum Gasteiger partial charge on any atom is -0.618 e. The van der Waals surface area contributed by atoms with Gasteiger partial charge in [0.2, 0.25) is 5.52 Å². The topological polar surface area (TPSA) is 66.1 Å². The van der Waals surface area contributed by atoms with Crippen molar-refractivity contribution >= 4 is 17.0 Å². The summed E-state index contributed by atoms with van der Waals surface area (Å²) >= 11 is 0. The molecule has 2 heterocycles. The zero-order chi connectivity index (χ0) is 10.8. The number of fused-ring (bicyclic) bond motifs is 1. The van der Waals surface area contributed by atoms with Crippen LogP contribution >= 0.6 is 0 Å². The lowest BCUT2D eigenvalue weighted by atomic mass is 10.2. The summed E-state index contributed by atoms with van der Waals surface area (Å²) in [5.74, 6) is -0.501. The zero-order valence-electron chi connectivity index (χ0n) is 8.01. The number of nitrogens with zero attached hydrogens (tertiary/aromatic N) is 2. The molecule has 0 aliphatic rings. The second-order valence-electron chi connectivity index (χ2n) is 2.92. The van der Waals surface area contributed by atoms with E-state index >= 15 is 0 Å². The van der Waals surface area contributed by atoms with Crippen molar-refractivity contribution in [3.05, 3.63) is 41.4 Å². The molecule has 2 rings (SSSR count). The molecule has 0 aliphatic carbocycles. The van der Waals surface area contributed by atoms with Gasteiger partial charge in [-0.1, -0.05) is 0 Å². The number of methoxy groups -OCH3 is 1. The van der Waals surface area contributed by atoms with E-state index in [4.69, 9.17) is 0 Å². The lowest BCUT2D eigenvalue weighted by Gasteiger charge is -2.04. The average molecular weight is 204 g/mol. The van der Waals surface area contributed by atoms with Crippen LogP contribution in [0.2, 0.25) is 0 Å². The first-order chi connectivity index (χ1) is 7.24. The minimum absolute atomic E-state index is 0.292. The number of pyridine rings is 2. The van der Waals surface area contributed by atoms with Gasteiger partial charge < -0.3 is 9.94 Å². The summed E-state index contributed by atoms with van der Waals surface area (Å²) in [5.41, 5.74) is 0.988. The van der Waals surface area contributed by atoms with E-state index in [0.29, 0.717) is 21.3 Å². The van der Waals surface area contributed by atoms with E-state index in [2.05, 4.69) is 9.72 Å². The molecule has 0 saturated heterocycles. The number of carbonyl (C=O) groups is 1. The van der Waals surface area contributed by atoms with Crippen LogP contribution in [0.25, 0.3) is 11.0 Å². The quantitative estimate of drug-likeness (QED) is 0.388. The number of ether oxygens (including phenoxy) is 1.